The van der Waals surface area contributed by atoms with E-state index in [1.807, 2.05) is 46.6 Å². The molecule has 2 heterocycles. The molecule has 0 aliphatic rings. The average Bonchev–Trinajstić information content (AvgIpc) is 3.10. The van der Waals surface area contributed by atoms with Crippen LogP contribution in [0, 0.1) is 0 Å². The number of imidazole rings is 1. The first-order valence-corrected chi connectivity index (χ1v) is 6.89. The number of aliphatic hydroxyl groups is 1. The number of halogens is 1. The number of aliphatic hydroxyl groups excluding tert-OH is 1. The molecule has 0 aliphatic carbocycles. The van der Waals surface area contributed by atoms with Gasteiger partial charge in [-0.15, -0.1) is 12.4 Å². The van der Waals surface area contributed by atoms with E-state index in [9.17, 15) is 4.79 Å². The van der Waals surface area contributed by atoms with Crippen molar-refractivity contribution in [2.75, 3.05) is 0 Å². The van der Waals surface area contributed by atoms with Gasteiger partial charge in [-0.2, -0.15) is 0 Å². The number of aryl methyl sites for hydroxylation is 2. The summed E-state index contributed by atoms with van der Waals surface area (Å²) >= 11 is 0. The van der Waals surface area contributed by atoms with E-state index in [0.717, 1.165) is 16.5 Å². The molecule has 0 saturated heterocycles. The first kappa shape index (κ1) is 16.3. The Labute approximate surface area is 134 Å². The molecule has 116 valence electrons. The van der Waals surface area contributed by atoms with Gasteiger partial charge in [0.25, 0.3) is 0 Å². The zero-order valence-electron chi connectivity index (χ0n) is 12.3. The number of ketones is 1. The summed E-state index contributed by atoms with van der Waals surface area (Å²) in [6.45, 7) is 0.410. The van der Waals surface area contributed by atoms with Gasteiger partial charge in [0.2, 0.25) is 0 Å². The number of hydrogen-bond donors (Lipinski definition) is 1. The van der Waals surface area contributed by atoms with Gasteiger partial charge in [0, 0.05) is 55.1 Å². The second-order valence-corrected chi connectivity index (χ2v) is 5.04. The van der Waals surface area contributed by atoms with Crippen molar-refractivity contribution in [1.82, 2.24) is 14.1 Å². The molecule has 2 aromatic heterocycles. The smallest absolute Gasteiger partial charge is 0.166 e. The summed E-state index contributed by atoms with van der Waals surface area (Å²) in [5, 5.41) is 10.1. The average molecular weight is 320 g/mol. The highest BCUT2D eigenvalue weighted by Crippen LogP contribution is 2.21. The van der Waals surface area contributed by atoms with Gasteiger partial charge in [0.15, 0.2) is 5.78 Å². The fourth-order valence-corrected chi connectivity index (χ4v) is 2.62. The van der Waals surface area contributed by atoms with Crippen LogP contribution in [0.1, 0.15) is 22.6 Å². The van der Waals surface area contributed by atoms with E-state index in [-0.39, 0.29) is 24.8 Å². The van der Waals surface area contributed by atoms with Crippen molar-refractivity contribution in [3.63, 3.8) is 0 Å². The molecule has 0 aliphatic heterocycles. The van der Waals surface area contributed by atoms with Crippen molar-refractivity contribution in [3.05, 3.63) is 54.2 Å². The van der Waals surface area contributed by atoms with Gasteiger partial charge in [-0.25, -0.2) is 4.98 Å². The monoisotopic (exact) mass is 319 g/mol. The Balaban J connectivity index is 0.00000176. The molecule has 0 unspecified atom stereocenters. The molecule has 0 amide bonds. The molecule has 22 heavy (non-hydrogen) atoms. The summed E-state index contributed by atoms with van der Waals surface area (Å²) in [5.74, 6) is 0.685. The molecule has 0 spiro atoms. The van der Waals surface area contributed by atoms with E-state index in [4.69, 9.17) is 5.11 Å². The normalized spacial score (nSPS) is 10.6. The molecule has 0 fully saturated rings. The standard InChI is InChI=1S/C16H17N3O2.ClH/c1-18-10-13(12-4-2-3-5-14(12)18)15(21)6-8-19-9-7-17-16(19)11-20;/h2-5,7,9-10,20H,6,8,11H2,1H3;1H. The number of rotatable bonds is 5. The van der Waals surface area contributed by atoms with E-state index in [2.05, 4.69) is 4.98 Å². The minimum absolute atomic E-state index is 0. The maximum atomic E-state index is 12.5. The van der Waals surface area contributed by atoms with Crippen molar-refractivity contribution in [1.29, 1.82) is 0 Å². The number of fused-ring (bicyclic) bond motifs is 1. The number of nitrogens with zero attached hydrogens (tertiary/aromatic N) is 3. The van der Waals surface area contributed by atoms with Crippen molar-refractivity contribution in [3.8, 4) is 0 Å². The number of benzene rings is 1. The maximum absolute atomic E-state index is 12.5. The van der Waals surface area contributed by atoms with Crippen LogP contribution < -0.4 is 0 Å². The SMILES string of the molecule is Cl.Cn1cc(C(=O)CCn2ccnc2CO)c2ccccc21. The summed E-state index contributed by atoms with van der Waals surface area (Å²) in [6.07, 6.45) is 5.68. The number of Topliss-reactive ketones (excluding diaryl/α,β-unsaturated/α-hetero) is 1. The Hall–Kier alpha value is -2.11. The van der Waals surface area contributed by atoms with Gasteiger partial charge in [-0.3, -0.25) is 4.79 Å². The highest BCUT2D eigenvalue weighted by Gasteiger charge is 2.14. The lowest BCUT2D eigenvalue weighted by molar-refractivity contribution is 0.0977. The lowest BCUT2D eigenvalue weighted by Crippen LogP contribution is -2.08. The van der Waals surface area contributed by atoms with Gasteiger partial charge in [-0.05, 0) is 6.07 Å². The van der Waals surface area contributed by atoms with Gasteiger partial charge >= 0.3 is 0 Å². The van der Waals surface area contributed by atoms with Crippen LogP contribution in [0.15, 0.2) is 42.9 Å². The summed E-state index contributed by atoms with van der Waals surface area (Å²) in [7, 11) is 1.94. The molecule has 0 atom stereocenters. The Morgan fingerprint density at radius 2 is 2.09 bits per heavy atom. The third kappa shape index (κ3) is 2.91. The molecule has 0 radical (unpaired) electrons. The predicted molar refractivity (Wildman–Crippen MR) is 87.3 cm³/mol. The lowest BCUT2D eigenvalue weighted by Gasteiger charge is -2.05. The van der Waals surface area contributed by atoms with E-state index in [0.29, 0.717) is 18.8 Å². The lowest BCUT2D eigenvalue weighted by atomic mass is 10.1. The van der Waals surface area contributed by atoms with E-state index in [1.54, 1.807) is 12.4 Å². The van der Waals surface area contributed by atoms with Crippen LogP contribution in [-0.2, 0) is 20.2 Å². The Kier molecular flexibility index (Phi) is 5.00. The Morgan fingerprint density at radius 3 is 2.86 bits per heavy atom. The second-order valence-electron chi connectivity index (χ2n) is 5.04. The van der Waals surface area contributed by atoms with Crippen LogP contribution in [0.5, 0.6) is 0 Å². The van der Waals surface area contributed by atoms with Gasteiger partial charge in [0.05, 0.1) is 0 Å². The summed E-state index contributed by atoms with van der Waals surface area (Å²) in [5.41, 5.74) is 1.80. The fraction of sp³-hybridized carbons (Fsp3) is 0.250. The summed E-state index contributed by atoms with van der Waals surface area (Å²) in [4.78, 5) is 16.5. The van der Waals surface area contributed by atoms with E-state index >= 15 is 0 Å². The fourth-order valence-electron chi connectivity index (χ4n) is 2.62. The van der Waals surface area contributed by atoms with Gasteiger partial charge in [-0.1, -0.05) is 18.2 Å². The first-order valence-electron chi connectivity index (χ1n) is 6.89. The summed E-state index contributed by atoms with van der Waals surface area (Å²) < 4.78 is 3.78. The molecule has 3 rings (SSSR count). The molecule has 1 N–H and O–H groups in total. The second kappa shape index (κ2) is 6.77. The van der Waals surface area contributed by atoms with Crippen LogP contribution >= 0.6 is 12.4 Å². The van der Waals surface area contributed by atoms with Crippen molar-refractivity contribution in [2.45, 2.75) is 19.6 Å². The summed E-state index contributed by atoms with van der Waals surface area (Å²) in [6, 6.07) is 7.89. The minimum Gasteiger partial charge on any atom is -0.388 e. The third-order valence-electron chi connectivity index (χ3n) is 3.72. The van der Waals surface area contributed by atoms with Crippen LogP contribution in [0.2, 0.25) is 0 Å². The van der Waals surface area contributed by atoms with Crippen LogP contribution in [0.4, 0.5) is 0 Å². The third-order valence-corrected chi connectivity index (χ3v) is 3.72. The number of para-hydroxylation sites is 1. The number of carbonyl (C=O) groups excluding carboxylic acids is 1. The molecule has 3 aromatic rings. The van der Waals surface area contributed by atoms with E-state index < -0.39 is 0 Å². The molecular weight excluding hydrogens is 302 g/mol. The number of hydrogen-bond acceptors (Lipinski definition) is 3. The highest BCUT2D eigenvalue weighted by molar-refractivity contribution is 6.08. The van der Waals surface area contributed by atoms with Crippen molar-refractivity contribution in [2.24, 2.45) is 7.05 Å². The molecule has 6 heteroatoms. The molecule has 0 bridgehead atoms. The number of carbonyl (C=O) groups is 1. The topological polar surface area (TPSA) is 60.0 Å². The highest BCUT2D eigenvalue weighted by atomic mass is 35.5. The number of aromatic nitrogens is 3. The van der Waals surface area contributed by atoms with Crippen molar-refractivity contribution >= 4 is 29.1 Å². The quantitative estimate of drug-likeness (QED) is 0.735. The molecular formula is C16H18ClN3O2. The van der Waals surface area contributed by atoms with Crippen molar-refractivity contribution < 1.29 is 9.90 Å². The van der Waals surface area contributed by atoms with Crippen LogP contribution in [0.25, 0.3) is 10.9 Å². The van der Waals surface area contributed by atoms with Gasteiger partial charge < -0.3 is 14.2 Å². The first-order chi connectivity index (χ1) is 10.2. The van der Waals surface area contributed by atoms with Crippen LogP contribution in [0.3, 0.4) is 0 Å². The zero-order valence-corrected chi connectivity index (χ0v) is 13.1. The maximum Gasteiger partial charge on any atom is 0.166 e. The van der Waals surface area contributed by atoms with E-state index in [1.165, 1.54) is 0 Å². The molecule has 0 saturated carbocycles. The molecule has 5 nitrogen and oxygen atoms in total. The minimum atomic E-state index is -0.116. The van der Waals surface area contributed by atoms with Gasteiger partial charge in [0.1, 0.15) is 12.4 Å². The van der Waals surface area contributed by atoms with Crippen LogP contribution in [-0.4, -0.2) is 25.0 Å². The Bertz CT molecular complexity index is 792. The largest absolute Gasteiger partial charge is 0.388 e. The predicted octanol–water partition coefficient (Wildman–Crippen LogP) is 2.56. The zero-order chi connectivity index (χ0) is 14.8. The Morgan fingerprint density at radius 1 is 1.32 bits per heavy atom. The molecule has 1 aromatic carbocycles.